The number of hydrogen-bond donors (Lipinski definition) is 2. The average molecular weight is 206 g/mol. The third-order valence-corrected chi connectivity index (χ3v) is 2.31. The molecule has 5 heteroatoms. The van der Waals surface area contributed by atoms with Crippen LogP contribution >= 0.6 is 11.5 Å². The molecule has 1 aromatic heterocycles. The summed E-state index contributed by atoms with van der Waals surface area (Å²) in [6.07, 6.45) is 0. The fraction of sp³-hybridized carbons (Fsp3) is 0.111. The molecular weight excluding hydrogens is 196 g/mol. The van der Waals surface area contributed by atoms with Gasteiger partial charge in [-0.3, -0.25) is 0 Å². The van der Waals surface area contributed by atoms with Crippen LogP contribution in [0.5, 0.6) is 0 Å². The van der Waals surface area contributed by atoms with Crippen LogP contribution in [-0.4, -0.2) is 16.4 Å². The van der Waals surface area contributed by atoms with E-state index in [9.17, 15) is 0 Å². The number of nitrogens with zero attached hydrogens (tertiary/aromatic N) is 2. The van der Waals surface area contributed by atoms with Crippen LogP contribution in [0.1, 0.15) is 0 Å². The Morgan fingerprint density at radius 3 is 2.64 bits per heavy atom. The van der Waals surface area contributed by atoms with E-state index in [1.165, 1.54) is 11.5 Å². The molecule has 0 bridgehead atoms. The Morgan fingerprint density at radius 1 is 1.21 bits per heavy atom. The van der Waals surface area contributed by atoms with E-state index in [1.807, 2.05) is 30.3 Å². The zero-order valence-electron chi connectivity index (χ0n) is 7.69. The van der Waals surface area contributed by atoms with Gasteiger partial charge in [0.2, 0.25) is 11.1 Å². The van der Waals surface area contributed by atoms with Gasteiger partial charge in [0.05, 0.1) is 0 Å². The van der Waals surface area contributed by atoms with Crippen LogP contribution in [0.2, 0.25) is 0 Å². The fourth-order valence-electron chi connectivity index (χ4n) is 1.02. The van der Waals surface area contributed by atoms with E-state index in [1.54, 1.807) is 7.05 Å². The van der Waals surface area contributed by atoms with E-state index >= 15 is 0 Å². The maximum Gasteiger partial charge on any atom is 0.236 e. The van der Waals surface area contributed by atoms with Crippen LogP contribution in [0, 0.1) is 0 Å². The monoisotopic (exact) mass is 206 g/mol. The van der Waals surface area contributed by atoms with Gasteiger partial charge in [-0.1, -0.05) is 18.2 Å². The number of rotatable bonds is 3. The second-order valence-corrected chi connectivity index (χ2v) is 3.42. The fourth-order valence-corrected chi connectivity index (χ4v) is 1.62. The highest BCUT2D eigenvalue weighted by molar-refractivity contribution is 7.10. The summed E-state index contributed by atoms with van der Waals surface area (Å²) in [7, 11) is 1.80. The number of benzene rings is 1. The molecule has 2 aromatic rings. The molecule has 0 saturated carbocycles. The van der Waals surface area contributed by atoms with Gasteiger partial charge in [-0.05, 0) is 12.1 Å². The summed E-state index contributed by atoms with van der Waals surface area (Å²) in [6, 6.07) is 9.90. The summed E-state index contributed by atoms with van der Waals surface area (Å²) in [6.45, 7) is 0. The lowest BCUT2D eigenvalue weighted by molar-refractivity contribution is 1.27. The van der Waals surface area contributed by atoms with Gasteiger partial charge < -0.3 is 10.6 Å². The Bertz CT molecular complexity index is 398. The molecule has 4 nitrogen and oxygen atoms in total. The van der Waals surface area contributed by atoms with Gasteiger partial charge in [0, 0.05) is 24.3 Å². The molecule has 0 fully saturated rings. The molecule has 1 heterocycles. The van der Waals surface area contributed by atoms with Crippen molar-refractivity contribution in [3.8, 4) is 0 Å². The highest BCUT2D eigenvalue weighted by atomic mass is 32.1. The minimum absolute atomic E-state index is 0.647. The van der Waals surface area contributed by atoms with Gasteiger partial charge in [0.15, 0.2) is 0 Å². The molecule has 0 aliphatic rings. The molecular formula is C9H10N4S. The first-order valence-corrected chi connectivity index (χ1v) is 4.99. The van der Waals surface area contributed by atoms with Gasteiger partial charge >= 0.3 is 0 Å². The van der Waals surface area contributed by atoms with Crippen LogP contribution in [0.25, 0.3) is 0 Å². The second-order valence-electron chi connectivity index (χ2n) is 2.66. The van der Waals surface area contributed by atoms with Crippen LogP contribution in [0.3, 0.4) is 0 Å². The van der Waals surface area contributed by atoms with Crippen LogP contribution in [0.15, 0.2) is 30.3 Å². The van der Waals surface area contributed by atoms with Crippen molar-refractivity contribution < 1.29 is 0 Å². The van der Waals surface area contributed by atoms with E-state index in [0.717, 1.165) is 10.8 Å². The molecule has 0 radical (unpaired) electrons. The van der Waals surface area contributed by atoms with Crippen molar-refractivity contribution in [1.82, 2.24) is 9.36 Å². The zero-order chi connectivity index (χ0) is 9.80. The maximum atomic E-state index is 4.21. The summed E-state index contributed by atoms with van der Waals surface area (Å²) >= 11 is 1.33. The van der Waals surface area contributed by atoms with Crippen molar-refractivity contribution >= 4 is 28.3 Å². The van der Waals surface area contributed by atoms with E-state index in [4.69, 9.17) is 0 Å². The third kappa shape index (κ3) is 2.00. The number of hydrogen-bond acceptors (Lipinski definition) is 5. The van der Waals surface area contributed by atoms with E-state index in [2.05, 4.69) is 20.0 Å². The Morgan fingerprint density at radius 2 is 2.00 bits per heavy atom. The number of nitrogens with one attached hydrogen (secondary N) is 2. The lowest BCUT2D eigenvalue weighted by Gasteiger charge is -1.99. The molecule has 0 amide bonds. The minimum Gasteiger partial charge on any atom is -0.356 e. The number of para-hydroxylation sites is 1. The van der Waals surface area contributed by atoms with Crippen LogP contribution < -0.4 is 10.6 Å². The summed E-state index contributed by atoms with van der Waals surface area (Å²) in [5, 5.41) is 6.84. The third-order valence-electron chi connectivity index (χ3n) is 1.67. The maximum absolute atomic E-state index is 4.21. The van der Waals surface area contributed by atoms with Gasteiger partial charge in [-0.2, -0.15) is 9.36 Å². The predicted molar refractivity (Wildman–Crippen MR) is 59.2 cm³/mol. The van der Waals surface area contributed by atoms with E-state index < -0.39 is 0 Å². The van der Waals surface area contributed by atoms with Gasteiger partial charge in [-0.25, -0.2) is 0 Å². The molecule has 1 aromatic carbocycles. The Labute approximate surface area is 86.2 Å². The highest BCUT2D eigenvalue weighted by Gasteiger charge is 2.00. The molecule has 72 valence electrons. The molecule has 0 aliphatic carbocycles. The van der Waals surface area contributed by atoms with Gasteiger partial charge in [0.1, 0.15) is 0 Å². The molecule has 0 unspecified atom stereocenters. The van der Waals surface area contributed by atoms with E-state index in [-0.39, 0.29) is 0 Å². The predicted octanol–water partition coefficient (Wildman–Crippen LogP) is 2.32. The topological polar surface area (TPSA) is 49.8 Å². The van der Waals surface area contributed by atoms with Crippen molar-refractivity contribution in [3.05, 3.63) is 30.3 Å². The van der Waals surface area contributed by atoms with Crippen molar-refractivity contribution in [2.24, 2.45) is 0 Å². The molecule has 0 saturated heterocycles. The first-order valence-electron chi connectivity index (χ1n) is 4.22. The first kappa shape index (κ1) is 8.96. The van der Waals surface area contributed by atoms with Crippen molar-refractivity contribution in [2.45, 2.75) is 0 Å². The van der Waals surface area contributed by atoms with Crippen molar-refractivity contribution in [2.75, 3.05) is 17.7 Å². The lowest BCUT2D eigenvalue weighted by atomic mass is 10.3. The molecule has 0 atom stereocenters. The normalized spacial score (nSPS) is 9.79. The standard InChI is InChI=1S/C9H10N4S/c1-10-8-12-9(14-13-8)11-7-5-3-2-4-6-7/h2-6H,1H3,(H2,10,11,12,13). The summed E-state index contributed by atoms with van der Waals surface area (Å²) < 4.78 is 4.09. The zero-order valence-corrected chi connectivity index (χ0v) is 8.51. The largest absolute Gasteiger partial charge is 0.356 e. The molecule has 0 spiro atoms. The quantitative estimate of drug-likeness (QED) is 0.809. The highest BCUT2D eigenvalue weighted by Crippen LogP contribution is 2.19. The van der Waals surface area contributed by atoms with Crippen molar-refractivity contribution in [3.63, 3.8) is 0 Å². The molecule has 14 heavy (non-hydrogen) atoms. The van der Waals surface area contributed by atoms with Crippen LogP contribution in [-0.2, 0) is 0 Å². The van der Waals surface area contributed by atoms with Gasteiger partial charge in [-0.15, -0.1) is 0 Å². The van der Waals surface area contributed by atoms with Gasteiger partial charge in [0.25, 0.3) is 0 Å². The Kier molecular flexibility index (Phi) is 2.60. The van der Waals surface area contributed by atoms with E-state index in [0.29, 0.717) is 5.95 Å². The molecule has 2 rings (SSSR count). The number of aromatic nitrogens is 2. The van der Waals surface area contributed by atoms with Crippen molar-refractivity contribution in [1.29, 1.82) is 0 Å². The summed E-state index contributed by atoms with van der Waals surface area (Å²) in [5.74, 6) is 0.647. The minimum atomic E-state index is 0.647. The second kappa shape index (κ2) is 4.06. The summed E-state index contributed by atoms with van der Waals surface area (Å²) in [4.78, 5) is 4.21. The Balaban J connectivity index is 2.11. The first-order chi connectivity index (χ1) is 6.88. The molecule has 0 aliphatic heterocycles. The van der Waals surface area contributed by atoms with Crippen LogP contribution in [0.4, 0.5) is 16.8 Å². The SMILES string of the molecule is CNc1nsc(Nc2ccccc2)n1. The molecule has 2 N–H and O–H groups in total. The smallest absolute Gasteiger partial charge is 0.236 e. The number of anilines is 3. The summed E-state index contributed by atoms with van der Waals surface area (Å²) in [5.41, 5.74) is 1.02. The average Bonchev–Trinajstić information content (AvgIpc) is 2.67. The Hall–Kier alpha value is -1.62. The lowest BCUT2D eigenvalue weighted by Crippen LogP contribution is -1.91.